The van der Waals surface area contributed by atoms with Crippen molar-refractivity contribution >= 4 is 28.9 Å². The van der Waals surface area contributed by atoms with Crippen LogP contribution in [-0.2, 0) is 7.05 Å². The topological polar surface area (TPSA) is 163 Å². The molecule has 32 heavy (non-hydrogen) atoms. The van der Waals surface area contributed by atoms with Crippen LogP contribution < -0.4 is 11.1 Å². The normalized spacial score (nSPS) is 18.3. The number of likely N-dealkylation sites (tertiary alicyclic amines) is 1. The van der Waals surface area contributed by atoms with Crippen LogP contribution >= 0.6 is 0 Å². The third kappa shape index (κ3) is 3.87. The minimum Gasteiger partial charge on any atom is -0.465 e. The van der Waals surface area contributed by atoms with Gasteiger partial charge in [-0.25, -0.2) is 24.1 Å². The number of halogens is 1. The monoisotopic (exact) mass is 438 g/mol. The minimum atomic E-state index is -1.33. The van der Waals surface area contributed by atoms with E-state index in [-0.39, 0.29) is 41.9 Å². The molecule has 3 aromatic heterocycles. The first-order chi connectivity index (χ1) is 15.3. The molecule has 0 aliphatic carbocycles. The minimum absolute atomic E-state index is 0.0633. The Balaban J connectivity index is 1.80. The van der Waals surface area contributed by atoms with Gasteiger partial charge in [0.15, 0.2) is 5.82 Å². The summed E-state index contributed by atoms with van der Waals surface area (Å²) in [5.41, 5.74) is 7.46. The third-order valence-corrected chi connectivity index (χ3v) is 5.28. The predicted octanol–water partition coefficient (Wildman–Crippen LogP) is 1.50. The van der Waals surface area contributed by atoms with Gasteiger partial charge < -0.3 is 25.6 Å². The van der Waals surface area contributed by atoms with Gasteiger partial charge in [0, 0.05) is 37.8 Å². The molecule has 1 saturated heterocycles. The second kappa shape index (κ2) is 8.10. The number of primary amides is 1. The number of alkyl halides is 1. The van der Waals surface area contributed by atoms with Crippen molar-refractivity contribution in [3.63, 3.8) is 0 Å². The SMILES string of the molecule is Cn1cc(-c2cc(C(N)=O)c3ncnc(N[C@H]4C[C@H](F)CN(C(=O)O)C4)c3n2)cc1C#N. The molecule has 2 atom stereocenters. The van der Waals surface area contributed by atoms with Crippen LogP contribution in [0.25, 0.3) is 22.3 Å². The number of anilines is 1. The second-order valence-electron chi connectivity index (χ2n) is 7.54. The summed E-state index contributed by atoms with van der Waals surface area (Å²) in [5.74, 6) is -0.501. The highest BCUT2D eigenvalue weighted by Gasteiger charge is 2.30. The molecule has 0 aromatic carbocycles. The van der Waals surface area contributed by atoms with Gasteiger partial charge in [0.05, 0.1) is 17.8 Å². The molecule has 0 saturated carbocycles. The zero-order valence-electron chi connectivity index (χ0n) is 17.0. The largest absolute Gasteiger partial charge is 0.465 e. The number of amides is 2. The number of aromatic nitrogens is 4. The number of nitrogens with one attached hydrogen (secondary N) is 1. The van der Waals surface area contributed by atoms with Crippen LogP contribution in [0.15, 0.2) is 24.7 Å². The molecule has 4 rings (SSSR count). The van der Waals surface area contributed by atoms with Crippen LogP contribution in [0.5, 0.6) is 0 Å². The van der Waals surface area contributed by atoms with Gasteiger partial charge in [0.1, 0.15) is 35.3 Å². The van der Waals surface area contributed by atoms with E-state index >= 15 is 0 Å². The average Bonchev–Trinajstić information content (AvgIpc) is 3.13. The van der Waals surface area contributed by atoms with Gasteiger partial charge in [-0.05, 0) is 12.1 Å². The van der Waals surface area contributed by atoms with Crippen LogP contribution in [0, 0.1) is 11.3 Å². The number of carbonyl (C=O) groups is 2. The van der Waals surface area contributed by atoms with Crippen LogP contribution in [0.2, 0.25) is 0 Å². The molecule has 1 aliphatic heterocycles. The molecule has 0 unspecified atom stereocenters. The van der Waals surface area contributed by atoms with E-state index in [2.05, 4.69) is 26.3 Å². The Morgan fingerprint density at radius 1 is 1.31 bits per heavy atom. The number of fused-ring (bicyclic) bond motifs is 1. The van der Waals surface area contributed by atoms with Gasteiger partial charge in [0.2, 0.25) is 0 Å². The number of rotatable bonds is 4. The summed E-state index contributed by atoms with van der Waals surface area (Å²) < 4.78 is 15.7. The van der Waals surface area contributed by atoms with E-state index in [1.54, 1.807) is 23.9 Å². The fraction of sp³-hybridized carbons (Fsp3) is 0.300. The predicted molar refractivity (Wildman–Crippen MR) is 111 cm³/mol. The van der Waals surface area contributed by atoms with Gasteiger partial charge in [0.25, 0.3) is 5.91 Å². The lowest BCUT2D eigenvalue weighted by atomic mass is 10.0. The first kappa shape index (κ1) is 21.0. The van der Waals surface area contributed by atoms with Crippen molar-refractivity contribution in [2.45, 2.75) is 18.6 Å². The summed E-state index contributed by atoms with van der Waals surface area (Å²) in [4.78, 5) is 37.3. The molecule has 0 radical (unpaired) electrons. The van der Waals surface area contributed by atoms with E-state index < -0.39 is 24.2 Å². The highest BCUT2D eigenvalue weighted by Crippen LogP contribution is 2.29. The number of carbonyl (C=O) groups excluding carboxylic acids is 1. The Kier molecular flexibility index (Phi) is 5.31. The molecule has 0 spiro atoms. The molecule has 4 N–H and O–H groups in total. The van der Waals surface area contributed by atoms with Crippen molar-refractivity contribution in [1.82, 2.24) is 24.4 Å². The van der Waals surface area contributed by atoms with Crippen molar-refractivity contribution in [2.75, 3.05) is 18.4 Å². The van der Waals surface area contributed by atoms with E-state index in [1.807, 2.05) is 0 Å². The molecular weight excluding hydrogens is 419 g/mol. The van der Waals surface area contributed by atoms with Gasteiger partial charge in [-0.2, -0.15) is 5.26 Å². The third-order valence-electron chi connectivity index (χ3n) is 5.28. The molecule has 4 heterocycles. The summed E-state index contributed by atoms with van der Waals surface area (Å²) in [6, 6.07) is 4.61. The number of pyridine rings is 1. The maximum atomic E-state index is 14.1. The summed E-state index contributed by atoms with van der Waals surface area (Å²) in [5, 5.41) is 21.5. The molecule has 11 nitrogen and oxygen atoms in total. The number of nitriles is 1. The maximum Gasteiger partial charge on any atom is 0.407 e. The average molecular weight is 438 g/mol. The van der Waals surface area contributed by atoms with E-state index in [0.717, 1.165) is 4.90 Å². The molecule has 1 aliphatic rings. The van der Waals surface area contributed by atoms with Gasteiger partial charge in [-0.15, -0.1) is 0 Å². The second-order valence-corrected chi connectivity index (χ2v) is 7.54. The molecule has 3 aromatic rings. The Bertz CT molecular complexity index is 1270. The number of hydrogen-bond acceptors (Lipinski definition) is 7. The van der Waals surface area contributed by atoms with Crippen molar-refractivity contribution in [3.05, 3.63) is 35.9 Å². The number of nitrogens with two attached hydrogens (primary N) is 1. The molecular formula is C20H19FN8O3. The first-order valence-corrected chi connectivity index (χ1v) is 9.67. The number of nitrogens with zero attached hydrogens (tertiary/aromatic N) is 6. The highest BCUT2D eigenvalue weighted by atomic mass is 19.1. The molecule has 1 fully saturated rings. The van der Waals surface area contributed by atoms with Crippen molar-refractivity contribution < 1.29 is 19.1 Å². The lowest BCUT2D eigenvalue weighted by Crippen LogP contribution is -2.49. The summed E-state index contributed by atoms with van der Waals surface area (Å²) >= 11 is 0. The summed E-state index contributed by atoms with van der Waals surface area (Å²) in [7, 11) is 1.71. The quantitative estimate of drug-likeness (QED) is 0.552. The van der Waals surface area contributed by atoms with E-state index in [9.17, 15) is 24.3 Å². The number of piperidine rings is 1. The lowest BCUT2D eigenvalue weighted by molar-refractivity contribution is 0.1000. The Hall–Kier alpha value is -4.27. The van der Waals surface area contributed by atoms with Gasteiger partial charge in [-0.1, -0.05) is 0 Å². The zero-order chi connectivity index (χ0) is 23.0. The van der Waals surface area contributed by atoms with Crippen molar-refractivity contribution in [3.8, 4) is 17.3 Å². The molecule has 164 valence electrons. The Labute approximate surface area is 181 Å². The maximum absolute atomic E-state index is 14.1. The fourth-order valence-electron chi connectivity index (χ4n) is 3.79. The lowest BCUT2D eigenvalue weighted by Gasteiger charge is -2.33. The summed E-state index contributed by atoms with van der Waals surface area (Å²) in [6.45, 7) is -0.130. The van der Waals surface area contributed by atoms with E-state index in [1.165, 1.54) is 12.4 Å². The van der Waals surface area contributed by atoms with Gasteiger partial charge >= 0.3 is 6.09 Å². The van der Waals surface area contributed by atoms with Crippen molar-refractivity contribution in [2.24, 2.45) is 12.8 Å². The van der Waals surface area contributed by atoms with Gasteiger partial charge in [-0.3, -0.25) is 4.79 Å². The highest BCUT2D eigenvalue weighted by molar-refractivity contribution is 6.06. The van der Waals surface area contributed by atoms with Crippen LogP contribution in [0.3, 0.4) is 0 Å². The molecule has 12 heteroatoms. The number of carboxylic acid groups (broad SMARTS) is 1. The number of hydrogen-bond donors (Lipinski definition) is 3. The molecule has 0 bridgehead atoms. The van der Waals surface area contributed by atoms with E-state index in [0.29, 0.717) is 17.0 Å². The zero-order valence-corrected chi connectivity index (χ0v) is 17.0. The van der Waals surface area contributed by atoms with Crippen LogP contribution in [-0.4, -0.2) is 66.8 Å². The Morgan fingerprint density at radius 2 is 2.09 bits per heavy atom. The Morgan fingerprint density at radius 3 is 2.75 bits per heavy atom. The fourth-order valence-corrected chi connectivity index (χ4v) is 3.79. The number of aryl methyl sites for hydroxylation is 1. The van der Waals surface area contributed by atoms with Crippen molar-refractivity contribution in [1.29, 1.82) is 5.26 Å². The standard InChI is InChI=1S/C20H19FN8O3/c1-28-6-10(2-13(28)5-22)15-4-14(18(23)30)16-17(27-15)19(25-9-24-16)26-12-3-11(21)7-29(8-12)20(31)32/h2,4,6,9,11-12H,3,7-8H2,1H3,(H2,23,30)(H,31,32)(H,24,25,26)/t11-,12-/m0/s1. The smallest absolute Gasteiger partial charge is 0.407 e. The van der Waals surface area contributed by atoms with E-state index in [4.69, 9.17) is 5.73 Å². The first-order valence-electron chi connectivity index (χ1n) is 9.67. The molecule has 2 amide bonds. The summed E-state index contributed by atoms with van der Waals surface area (Å²) in [6.07, 6.45) is 0.458. The van der Waals surface area contributed by atoms with Crippen LogP contribution in [0.4, 0.5) is 15.0 Å². The van der Waals surface area contributed by atoms with Crippen LogP contribution in [0.1, 0.15) is 22.5 Å².